The van der Waals surface area contributed by atoms with Crippen LogP contribution in [0.3, 0.4) is 0 Å². The molecule has 0 bridgehead atoms. The molecule has 31 heavy (non-hydrogen) atoms. The van der Waals surface area contributed by atoms with E-state index in [-0.39, 0.29) is 11.5 Å². The second-order valence-electron chi connectivity index (χ2n) is 6.69. The zero-order valence-electron chi connectivity index (χ0n) is 16.4. The number of esters is 1. The Labute approximate surface area is 188 Å². The number of carbonyl (C=O) groups excluding carboxylic acids is 2. The smallest absolute Gasteiger partial charge is 0.339 e. The van der Waals surface area contributed by atoms with Gasteiger partial charge < -0.3 is 10.1 Å². The summed E-state index contributed by atoms with van der Waals surface area (Å²) in [6, 6.07) is 20.7. The number of para-hydroxylation sites is 2. The summed E-state index contributed by atoms with van der Waals surface area (Å²) in [5, 5.41) is 4.42. The van der Waals surface area contributed by atoms with E-state index in [4.69, 9.17) is 27.9 Å². The van der Waals surface area contributed by atoms with Gasteiger partial charge in [0.15, 0.2) is 0 Å². The second kappa shape index (κ2) is 8.76. The second-order valence-corrected chi connectivity index (χ2v) is 7.53. The minimum Gasteiger partial charge on any atom is -0.465 e. The van der Waals surface area contributed by atoms with Crippen molar-refractivity contribution in [3.63, 3.8) is 0 Å². The van der Waals surface area contributed by atoms with Gasteiger partial charge in [-0.05, 0) is 42.5 Å². The molecule has 154 valence electrons. The van der Waals surface area contributed by atoms with Crippen molar-refractivity contribution in [2.75, 3.05) is 12.4 Å². The van der Waals surface area contributed by atoms with E-state index in [0.717, 1.165) is 0 Å². The Morgan fingerprint density at radius 3 is 2.42 bits per heavy atom. The number of halogens is 2. The first-order valence-electron chi connectivity index (χ1n) is 9.32. The number of rotatable bonds is 4. The first-order chi connectivity index (χ1) is 15.0. The van der Waals surface area contributed by atoms with Gasteiger partial charge in [-0.25, -0.2) is 9.78 Å². The molecule has 0 aliphatic rings. The number of benzene rings is 3. The van der Waals surface area contributed by atoms with Crippen LogP contribution >= 0.6 is 23.2 Å². The van der Waals surface area contributed by atoms with E-state index in [1.807, 2.05) is 24.3 Å². The van der Waals surface area contributed by atoms with E-state index in [0.29, 0.717) is 43.5 Å². The standard InChI is InChI=1S/C24H16Cl2N2O3/c1-31-24(30)17-7-3-5-9-21(17)28-23(29)18-13-22(16-11-10-14(25)12-19(16)26)27-20-8-4-2-6-15(18)20/h2-13H,1H3,(H,28,29). The molecule has 0 saturated heterocycles. The average molecular weight is 451 g/mol. The van der Waals surface area contributed by atoms with E-state index in [2.05, 4.69) is 10.3 Å². The molecule has 5 nitrogen and oxygen atoms in total. The number of aromatic nitrogens is 1. The summed E-state index contributed by atoms with van der Waals surface area (Å²) in [7, 11) is 1.29. The lowest BCUT2D eigenvalue weighted by Gasteiger charge is -2.13. The van der Waals surface area contributed by atoms with E-state index >= 15 is 0 Å². The SMILES string of the molecule is COC(=O)c1ccccc1NC(=O)c1cc(-c2ccc(Cl)cc2Cl)nc2ccccc12. The molecule has 0 radical (unpaired) electrons. The van der Waals surface area contributed by atoms with E-state index in [1.54, 1.807) is 48.5 Å². The van der Waals surface area contributed by atoms with Crippen LogP contribution in [-0.4, -0.2) is 24.0 Å². The summed E-state index contributed by atoms with van der Waals surface area (Å²) in [4.78, 5) is 30.0. The van der Waals surface area contributed by atoms with E-state index in [1.165, 1.54) is 7.11 Å². The van der Waals surface area contributed by atoms with Crippen LogP contribution in [0.15, 0.2) is 72.8 Å². The van der Waals surface area contributed by atoms with Crippen molar-refractivity contribution in [3.8, 4) is 11.3 Å². The van der Waals surface area contributed by atoms with Crippen molar-refractivity contribution >= 4 is 51.7 Å². The van der Waals surface area contributed by atoms with Gasteiger partial charge >= 0.3 is 5.97 Å². The van der Waals surface area contributed by atoms with Crippen LogP contribution in [-0.2, 0) is 4.74 Å². The number of carbonyl (C=O) groups is 2. The number of ether oxygens (including phenoxy) is 1. The number of fused-ring (bicyclic) bond motifs is 1. The summed E-state index contributed by atoms with van der Waals surface area (Å²) < 4.78 is 4.81. The van der Waals surface area contributed by atoms with Crippen molar-refractivity contribution in [2.45, 2.75) is 0 Å². The maximum absolute atomic E-state index is 13.3. The zero-order valence-corrected chi connectivity index (χ0v) is 17.9. The van der Waals surface area contributed by atoms with Crippen molar-refractivity contribution < 1.29 is 14.3 Å². The Bertz CT molecular complexity index is 1320. The molecule has 0 fully saturated rings. The van der Waals surface area contributed by atoms with Gasteiger partial charge in [0.1, 0.15) is 0 Å². The molecule has 0 atom stereocenters. The fourth-order valence-corrected chi connectivity index (χ4v) is 3.77. The molecule has 0 unspecified atom stereocenters. The molecule has 0 saturated carbocycles. The zero-order chi connectivity index (χ0) is 22.0. The molecule has 7 heteroatoms. The fraction of sp³-hybridized carbons (Fsp3) is 0.0417. The predicted molar refractivity (Wildman–Crippen MR) is 123 cm³/mol. The van der Waals surface area contributed by atoms with Crippen LogP contribution in [0.2, 0.25) is 10.0 Å². The Kier molecular flexibility index (Phi) is 5.89. The molecular weight excluding hydrogens is 435 g/mol. The number of anilines is 1. The van der Waals surface area contributed by atoms with Gasteiger partial charge in [-0.2, -0.15) is 0 Å². The lowest BCUT2D eigenvalue weighted by molar-refractivity contribution is 0.0602. The third-order valence-corrected chi connectivity index (χ3v) is 5.30. The number of hydrogen-bond donors (Lipinski definition) is 1. The molecule has 1 amide bonds. The van der Waals surface area contributed by atoms with Gasteiger partial charge in [0.2, 0.25) is 0 Å². The highest BCUT2D eigenvalue weighted by Crippen LogP contribution is 2.32. The largest absolute Gasteiger partial charge is 0.465 e. The Hall–Kier alpha value is -3.41. The highest BCUT2D eigenvalue weighted by molar-refractivity contribution is 6.36. The van der Waals surface area contributed by atoms with Gasteiger partial charge in [-0.15, -0.1) is 0 Å². The third kappa shape index (κ3) is 4.24. The highest BCUT2D eigenvalue weighted by atomic mass is 35.5. The van der Waals surface area contributed by atoms with Gasteiger partial charge in [0.05, 0.1) is 40.2 Å². The monoisotopic (exact) mass is 450 g/mol. The molecule has 4 aromatic rings. The Morgan fingerprint density at radius 1 is 0.903 bits per heavy atom. The minimum atomic E-state index is -0.538. The van der Waals surface area contributed by atoms with Gasteiger partial charge in [0.25, 0.3) is 5.91 Å². The fourth-order valence-electron chi connectivity index (χ4n) is 3.27. The summed E-state index contributed by atoms with van der Waals surface area (Å²) in [6.07, 6.45) is 0. The molecule has 0 aliphatic heterocycles. The number of methoxy groups -OCH3 is 1. The maximum atomic E-state index is 13.3. The molecule has 0 spiro atoms. The number of amides is 1. The van der Waals surface area contributed by atoms with Crippen LogP contribution in [0.4, 0.5) is 5.69 Å². The van der Waals surface area contributed by atoms with Crippen LogP contribution in [0.5, 0.6) is 0 Å². The summed E-state index contributed by atoms with van der Waals surface area (Å²) in [5.74, 6) is -0.926. The molecule has 1 heterocycles. The minimum absolute atomic E-state index is 0.262. The highest BCUT2D eigenvalue weighted by Gasteiger charge is 2.18. The van der Waals surface area contributed by atoms with Crippen molar-refractivity contribution in [1.82, 2.24) is 4.98 Å². The lowest BCUT2D eigenvalue weighted by Crippen LogP contribution is -2.16. The Balaban J connectivity index is 1.82. The molecule has 3 aromatic carbocycles. The lowest BCUT2D eigenvalue weighted by atomic mass is 10.0. The van der Waals surface area contributed by atoms with Crippen LogP contribution in [0, 0.1) is 0 Å². The van der Waals surface area contributed by atoms with Crippen molar-refractivity contribution in [1.29, 1.82) is 0 Å². The number of nitrogens with one attached hydrogen (secondary N) is 1. The molecule has 1 aromatic heterocycles. The molecule has 4 rings (SSSR count). The van der Waals surface area contributed by atoms with Gasteiger partial charge in [0, 0.05) is 16.0 Å². The summed E-state index contributed by atoms with van der Waals surface area (Å²) >= 11 is 12.4. The van der Waals surface area contributed by atoms with Gasteiger partial charge in [-0.1, -0.05) is 53.5 Å². The van der Waals surface area contributed by atoms with Crippen LogP contribution < -0.4 is 5.32 Å². The Morgan fingerprint density at radius 2 is 1.65 bits per heavy atom. The first kappa shape index (κ1) is 20.8. The number of hydrogen-bond acceptors (Lipinski definition) is 4. The average Bonchev–Trinajstić information content (AvgIpc) is 2.78. The van der Waals surface area contributed by atoms with E-state index in [9.17, 15) is 9.59 Å². The van der Waals surface area contributed by atoms with Crippen molar-refractivity contribution in [2.24, 2.45) is 0 Å². The normalized spacial score (nSPS) is 10.7. The number of pyridine rings is 1. The van der Waals surface area contributed by atoms with Gasteiger partial charge in [-0.3, -0.25) is 4.79 Å². The molecular formula is C24H16Cl2N2O3. The topological polar surface area (TPSA) is 68.3 Å². The number of nitrogens with zero attached hydrogens (tertiary/aromatic N) is 1. The van der Waals surface area contributed by atoms with Crippen molar-refractivity contribution in [3.05, 3.63) is 94.0 Å². The molecule has 0 aliphatic carbocycles. The third-order valence-electron chi connectivity index (χ3n) is 4.75. The quantitative estimate of drug-likeness (QED) is 0.373. The predicted octanol–water partition coefficient (Wildman–Crippen LogP) is 6.25. The van der Waals surface area contributed by atoms with E-state index < -0.39 is 5.97 Å². The van der Waals surface area contributed by atoms with Crippen LogP contribution in [0.25, 0.3) is 22.2 Å². The summed E-state index contributed by atoms with van der Waals surface area (Å²) in [6.45, 7) is 0. The summed E-state index contributed by atoms with van der Waals surface area (Å²) in [5.41, 5.74) is 2.83. The molecule has 1 N–H and O–H groups in total. The van der Waals surface area contributed by atoms with Crippen LogP contribution in [0.1, 0.15) is 20.7 Å². The first-order valence-corrected chi connectivity index (χ1v) is 10.1. The maximum Gasteiger partial charge on any atom is 0.339 e.